The van der Waals surface area contributed by atoms with Gasteiger partial charge in [0.15, 0.2) is 12.7 Å². The second-order valence-electron chi connectivity index (χ2n) is 5.35. The van der Waals surface area contributed by atoms with Crippen LogP contribution in [-0.4, -0.2) is 24.6 Å². The first-order valence-corrected chi connectivity index (χ1v) is 7.96. The summed E-state index contributed by atoms with van der Waals surface area (Å²) in [5.41, 5.74) is 1.00. The lowest BCUT2D eigenvalue weighted by Gasteiger charge is -2.15. The zero-order chi connectivity index (χ0) is 18.2. The van der Waals surface area contributed by atoms with E-state index in [0.29, 0.717) is 5.75 Å². The van der Waals surface area contributed by atoms with Crippen LogP contribution in [0.5, 0.6) is 5.75 Å². The number of carbonyl (C=O) groups is 2. The minimum Gasteiger partial charge on any atom is -0.482 e. The van der Waals surface area contributed by atoms with Crippen molar-refractivity contribution in [3.05, 3.63) is 59.9 Å². The SMILES string of the molecule is CCc1ccccc1OCC(=O)OC(C)C(=O)Nc1ccccc1F. The summed E-state index contributed by atoms with van der Waals surface area (Å²) >= 11 is 0. The summed E-state index contributed by atoms with van der Waals surface area (Å²) in [6.45, 7) is 3.08. The van der Waals surface area contributed by atoms with Gasteiger partial charge in [-0.2, -0.15) is 0 Å². The molecule has 6 heteroatoms. The van der Waals surface area contributed by atoms with E-state index in [2.05, 4.69) is 5.32 Å². The van der Waals surface area contributed by atoms with E-state index < -0.39 is 23.8 Å². The van der Waals surface area contributed by atoms with E-state index in [1.807, 2.05) is 25.1 Å². The van der Waals surface area contributed by atoms with Crippen LogP contribution in [0.25, 0.3) is 0 Å². The predicted molar refractivity (Wildman–Crippen MR) is 91.9 cm³/mol. The summed E-state index contributed by atoms with van der Waals surface area (Å²) in [4.78, 5) is 23.8. The first-order valence-electron chi connectivity index (χ1n) is 7.96. The molecule has 0 aliphatic carbocycles. The van der Waals surface area contributed by atoms with Gasteiger partial charge in [0.1, 0.15) is 11.6 Å². The molecule has 2 aromatic rings. The third kappa shape index (κ3) is 5.31. The minimum absolute atomic E-state index is 0.0310. The zero-order valence-electron chi connectivity index (χ0n) is 14.1. The number of rotatable bonds is 7. The number of benzene rings is 2. The van der Waals surface area contributed by atoms with Crippen molar-refractivity contribution < 1.29 is 23.5 Å². The molecule has 0 saturated carbocycles. The lowest BCUT2D eigenvalue weighted by atomic mass is 10.1. The molecular formula is C19H20FNO4. The third-order valence-corrected chi connectivity index (χ3v) is 3.51. The molecule has 2 aromatic carbocycles. The summed E-state index contributed by atoms with van der Waals surface area (Å²) in [6, 6.07) is 13.1. The highest BCUT2D eigenvalue weighted by molar-refractivity contribution is 5.95. The van der Waals surface area contributed by atoms with Gasteiger partial charge in [-0.1, -0.05) is 37.3 Å². The molecular weight excluding hydrogens is 325 g/mol. The van der Waals surface area contributed by atoms with Gasteiger partial charge < -0.3 is 14.8 Å². The Morgan fingerprint density at radius 3 is 2.52 bits per heavy atom. The van der Waals surface area contributed by atoms with Crippen LogP contribution in [-0.2, 0) is 20.7 Å². The highest BCUT2D eigenvalue weighted by atomic mass is 19.1. The minimum atomic E-state index is -1.07. The van der Waals surface area contributed by atoms with Crippen LogP contribution in [0.15, 0.2) is 48.5 Å². The van der Waals surface area contributed by atoms with E-state index in [9.17, 15) is 14.0 Å². The van der Waals surface area contributed by atoms with Gasteiger partial charge in [0.25, 0.3) is 5.91 Å². The van der Waals surface area contributed by atoms with E-state index in [4.69, 9.17) is 9.47 Å². The molecule has 0 spiro atoms. The number of aryl methyl sites for hydroxylation is 1. The number of hydrogen-bond acceptors (Lipinski definition) is 4. The Hall–Kier alpha value is -2.89. The Balaban J connectivity index is 1.85. The molecule has 0 bridgehead atoms. The van der Waals surface area contributed by atoms with Crippen LogP contribution >= 0.6 is 0 Å². The molecule has 0 fully saturated rings. The molecule has 0 saturated heterocycles. The Kier molecular flexibility index (Phi) is 6.51. The number of anilines is 1. The lowest BCUT2D eigenvalue weighted by Crippen LogP contribution is -2.32. The fraction of sp³-hybridized carbons (Fsp3) is 0.263. The van der Waals surface area contributed by atoms with Crippen molar-refractivity contribution in [2.24, 2.45) is 0 Å². The van der Waals surface area contributed by atoms with Gasteiger partial charge in [0, 0.05) is 0 Å². The predicted octanol–water partition coefficient (Wildman–Crippen LogP) is 3.34. The monoisotopic (exact) mass is 345 g/mol. The number of amides is 1. The number of nitrogens with one attached hydrogen (secondary N) is 1. The number of ether oxygens (including phenoxy) is 2. The van der Waals surface area contributed by atoms with Gasteiger partial charge >= 0.3 is 5.97 Å². The summed E-state index contributed by atoms with van der Waals surface area (Å²) < 4.78 is 24.0. The van der Waals surface area contributed by atoms with Gasteiger partial charge in [-0.3, -0.25) is 4.79 Å². The Labute approximate surface area is 145 Å². The van der Waals surface area contributed by atoms with Crippen LogP contribution in [0.3, 0.4) is 0 Å². The van der Waals surface area contributed by atoms with Crippen molar-refractivity contribution in [3.8, 4) is 5.75 Å². The Morgan fingerprint density at radius 1 is 1.12 bits per heavy atom. The van der Waals surface area contributed by atoms with Gasteiger partial charge in [0.2, 0.25) is 0 Å². The smallest absolute Gasteiger partial charge is 0.344 e. The van der Waals surface area contributed by atoms with E-state index >= 15 is 0 Å². The number of carbonyl (C=O) groups excluding carboxylic acids is 2. The molecule has 2 rings (SSSR count). The second-order valence-corrected chi connectivity index (χ2v) is 5.35. The van der Waals surface area contributed by atoms with Crippen molar-refractivity contribution in [1.29, 1.82) is 0 Å². The van der Waals surface area contributed by atoms with Crippen LogP contribution in [0.2, 0.25) is 0 Å². The summed E-state index contributed by atoms with van der Waals surface area (Å²) in [5, 5.41) is 2.38. The Morgan fingerprint density at radius 2 is 1.80 bits per heavy atom. The van der Waals surface area contributed by atoms with Gasteiger partial charge in [0.05, 0.1) is 5.69 Å². The maximum Gasteiger partial charge on any atom is 0.344 e. The normalized spacial score (nSPS) is 11.5. The molecule has 1 atom stereocenters. The average Bonchev–Trinajstić information content (AvgIpc) is 2.62. The molecule has 1 amide bonds. The summed E-state index contributed by atoms with van der Waals surface area (Å²) in [7, 11) is 0. The molecule has 0 heterocycles. The highest BCUT2D eigenvalue weighted by Crippen LogP contribution is 2.18. The molecule has 0 radical (unpaired) electrons. The van der Waals surface area contributed by atoms with E-state index in [1.165, 1.54) is 25.1 Å². The first kappa shape index (κ1) is 18.4. The lowest BCUT2D eigenvalue weighted by molar-refractivity contribution is -0.155. The molecule has 0 aliphatic heterocycles. The number of halogens is 1. The number of para-hydroxylation sites is 2. The maximum atomic E-state index is 13.5. The van der Waals surface area contributed by atoms with Crippen molar-refractivity contribution in [3.63, 3.8) is 0 Å². The number of esters is 1. The standard InChI is InChI=1S/C19H20FNO4/c1-3-14-8-4-7-11-17(14)24-12-18(22)25-13(2)19(23)21-16-10-6-5-9-15(16)20/h4-11,13H,3,12H2,1-2H3,(H,21,23). The second kappa shape index (κ2) is 8.82. The van der Waals surface area contributed by atoms with Crippen LogP contribution in [0, 0.1) is 5.82 Å². The average molecular weight is 345 g/mol. The summed E-state index contributed by atoms with van der Waals surface area (Å²) in [5.74, 6) is -1.26. The maximum absolute atomic E-state index is 13.5. The largest absolute Gasteiger partial charge is 0.482 e. The highest BCUT2D eigenvalue weighted by Gasteiger charge is 2.19. The zero-order valence-corrected chi connectivity index (χ0v) is 14.1. The van der Waals surface area contributed by atoms with Crippen molar-refractivity contribution in [2.45, 2.75) is 26.4 Å². The molecule has 5 nitrogen and oxygen atoms in total. The fourth-order valence-corrected chi connectivity index (χ4v) is 2.16. The molecule has 1 N–H and O–H groups in total. The third-order valence-electron chi connectivity index (χ3n) is 3.51. The van der Waals surface area contributed by atoms with E-state index in [-0.39, 0.29) is 12.3 Å². The first-order chi connectivity index (χ1) is 12.0. The van der Waals surface area contributed by atoms with Crippen molar-refractivity contribution >= 4 is 17.6 Å². The van der Waals surface area contributed by atoms with E-state index in [0.717, 1.165) is 12.0 Å². The van der Waals surface area contributed by atoms with Crippen molar-refractivity contribution in [1.82, 2.24) is 0 Å². The fourth-order valence-electron chi connectivity index (χ4n) is 2.16. The number of hydrogen-bond donors (Lipinski definition) is 1. The van der Waals surface area contributed by atoms with Gasteiger partial charge in [-0.15, -0.1) is 0 Å². The van der Waals surface area contributed by atoms with Crippen LogP contribution in [0.1, 0.15) is 19.4 Å². The van der Waals surface area contributed by atoms with Gasteiger partial charge in [-0.25, -0.2) is 9.18 Å². The topological polar surface area (TPSA) is 64.6 Å². The summed E-state index contributed by atoms with van der Waals surface area (Å²) in [6.07, 6.45) is -0.302. The van der Waals surface area contributed by atoms with Crippen LogP contribution < -0.4 is 10.1 Å². The van der Waals surface area contributed by atoms with E-state index in [1.54, 1.807) is 12.1 Å². The van der Waals surface area contributed by atoms with Crippen molar-refractivity contribution in [2.75, 3.05) is 11.9 Å². The van der Waals surface area contributed by atoms with Gasteiger partial charge in [-0.05, 0) is 37.1 Å². The Bertz CT molecular complexity index is 748. The molecule has 25 heavy (non-hydrogen) atoms. The quantitative estimate of drug-likeness (QED) is 0.782. The van der Waals surface area contributed by atoms with Crippen LogP contribution in [0.4, 0.5) is 10.1 Å². The molecule has 132 valence electrons. The molecule has 0 aromatic heterocycles. The molecule has 0 aliphatic rings. The molecule has 1 unspecified atom stereocenters.